The van der Waals surface area contributed by atoms with Crippen molar-refractivity contribution < 1.29 is 18.3 Å². The Kier molecular flexibility index (Phi) is 4.18. The molecule has 0 saturated carbocycles. The van der Waals surface area contributed by atoms with Gasteiger partial charge in [0.1, 0.15) is 18.1 Å². The summed E-state index contributed by atoms with van der Waals surface area (Å²) in [7, 11) is -3.08. The van der Waals surface area contributed by atoms with Gasteiger partial charge >= 0.3 is 0 Å². The zero-order valence-corrected chi connectivity index (χ0v) is 12.4. The van der Waals surface area contributed by atoms with Crippen molar-refractivity contribution in [1.29, 1.82) is 0 Å². The Balaban J connectivity index is 2.07. The lowest BCUT2D eigenvalue weighted by molar-refractivity contribution is 0.341. The van der Waals surface area contributed by atoms with Crippen LogP contribution in [0.15, 0.2) is 36.4 Å². The summed E-state index contributed by atoms with van der Waals surface area (Å²) < 4.78 is 28.8. The largest absolute Gasteiger partial charge is 0.508 e. The standard InChI is InChI=1S/C15H18O4S/c1-11(2)20(17,18)8-7-19-15-6-4-12-3-5-14(16)9-13(12)10-15/h3-6,9-11,16H,7-8H2,1-2H3. The Morgan fingerprint density at radius 1 is 1.10 bits per heavy atom. The quantitative estimate of drug-likeness (QED) is 0.921. The van der Waals surface area contributed by atoms with Crippen LogP contribution in [0.2, 0.25) is 0 Å². The molecule has 2 aromatic carbocycles. The first-order valence-electron chi connectivity index (χ1n) is 6.45. The fourth-order valence-corrected chi connectivity index (χ4v) is 2.60. The summed E-state index contributed by atoms with van der Waals surface area (Å²) in [5, 5.41) is 10.9. The van der Waals surface area contributed by atoms with Crippen LogP contribution in [-0.2, 0) is 9.84 Å². The minimum absolute atomic E-state index is 0.00272. The van der Waals surface area contributed by atoms with Gasteiger partial charge in [-0.25, -0.2) is 8.42 Å². The first kappa shape index (κ1) is 14.7. The molecule has 0 saturated heterocycles. The van der Waals surface area contributed by atoms with Gasteiger partial charge in [0.25, 0.3) is 0 Å². The van der Waals surface area contributed by atoms with Crippen LogP contribution >= 0.6 is 0 Å². The first-order valence-corrected chi connectivity index (χ1v) is 8.17. The van der Waals surface area contributed by atoms with Gasteiger partial charge in [-0.1, -0.05) is 12.1 Å². The van der Waals surface area contributed by atoms with Crippen molar-refractivity contribution in [1.82, 2.24) is 0 Å². The molecule has 0 fully saturated rings. The Morgan fingerprint density at radius 2 is 1.80 bits per heavy atom. The average molecular weight is 294 g/mol. The molecule has 4 nitrogen and oxygen atoms in total. The Morgan fingerprint density at radius 3 is 2.50 bits per heavy atom. The molecule has 0 aliphatic heterocycles. The van der Waals surface area contributed by atoms with Crippen LogP contribution in [-0.4, -0.2) is 31.1 Å². The second-order valence-corrected chi connectivity index (χ2v) is 7.63. The van der Waals surface area contributed by atoms with Gasteiger partial charge in [0.05, 0.1) is 11.0 Å². The van der Waals surface area contributed by atoms with E-state index in [0.717, 1.165) is 10.8 Å². The van der Waals surface area contributed by atoms with Crippen LogP contribution in [0.4, 0.5) is 0 Å². The molecule has 2 aromatic rings. The maximum Gasteiger partial charge on any atom is 0.155 e. The number of benzene rings is 2. The highest BCUT2D eigenvalue weighted by Gasteiger charge is 2.15. The summed E-state index contributed by atoms with van der Waals surface area (Å²) in [5.74, 6) is 0.794. The number of rotatable bonds is 5. The molecular weight excluding hydrogens is 276 g/mol. The van der Waals surface area contributed by atoms with E-state index in [1.54, 1.807) is 38.1 Å². The normalized spacial score (nSPS) is 11.9. The highest BCUT2D eigenvalue weighted by molar-refractivity contribution is 7.91. The topological polar surface area (TPSA) is 63.6 Å². The van der Waals surface area contributed by atoms with E-state index in [0.29, 0.717) is 5.75 Å². The van der Waals surface area contributed by atoms with Gasteiger partial charge in [-0.3, -0.25) is 0 Å². The lowest BCUT2D eigenvalue weighted by atomic mass is 10.1. The molecule has 0 aliphatic rings. The zero-order valence-electron chi connectivity index (χ0n) is 11.5. The zero-order chi connectivity index (χ0) is 14.8. The van der Waals surface area contributed by atoms with Crippen molar-refractivity contribution in [2.45, 2.75) is 19.1 Å². The second kappa shape index (κ2) is 5.71. The number of hydrogen-bond acceptors (Lipinski definition) is 4. The number of ether oxygens (including phenoxy) is 1. The third-order valence-corrected chi connectivity index (χ3v) is 5.32. The number of aromatic hydroxyl groups is 1. The second-order valence-electron chi connectivity index (χ2n) is 4.96. The maximum atomic E-state index is 11.7. The molecule has 0 spiro atoms. The maximum absolute atomic E-state index is 11.7. The molecule has 0 atom stereocenters. The SMILES string of the molecule is CC(C)S(=O)(=O)CCOc1ccc2ccc(O)cc2c1. The van der Waals surface area contributed by atoms with Gasteiger partial charge in [-0.15, -0.1) is 0 Å². The fourth-order valence-electron chi connectivity index (χ4n) is 1.81. The lowest BCUT2D eigenvalue weighted by Crippen LogP contribution is -2.21. The van der Waals surface area contributed by atoms with Gasteiger partial charge in [0, 0.05) is 0 Å². The molecule has 0 unspecified atom stereocenters. The third kappa shape index (κ3) is 3.42. The van der Waals surface area contributed by atoms with E-state index < -0.39 is 9.84 Å². The number of hydrogen-bond donors (Lipinski definition) is 1. The van der Waals surface area contributed by atoms with Gasteiger partial charge < -0.3 is 9.84 Å². The molecule has 0 amide bonds. The summed E-state index contributed by atoms with van der Waals surface area (Å²) in [6, 6.07) is 10.5. The first-order chi connectivity index (χ1) is 9.38. The smallest absolute Gasteiger partial charge is 0.155 e. The van der Waals surface area contributed by atoms with Crippen molar-refractivity contribution in [3.63, 3.8) is 0 Å². The predicted octanol–water partition coefficient (Wildman–Crippen LogP) is 2.75. The molecule has 108 valence electrons. The molecule has 5 heteroatoms. The van der Waals surface area contributed by atoms with Crippen LogP contribution in [0.3, 0.4) is 0 Å². The molecule has 0 radical (unpaired) electrons. The molecule has 1 N–H and O–H groups in total. The Bertz CT molecular complexity index is 705. The van der Waals surface area contributed by atoms with Gasteiger partial charge in [-0.2, -0.15) is 0 Å². The molecule has 2 rings (SSSR count). The molecule has 0 aliphatic carbocycles. The van der Waals surface area contributed by atoms with Crippen molar-refractivity contribution in [3.05, 3.63) is 36.4 Å². The Hall–Kier alpha value is -1.75. The van der Waals surface area contributed by atoms with Crippen LogP contribution in [0.5, 0.6) is 11.5 Å². The monoisotopic (exact) mass is 294 g/mol. The number of fused-ring (bicyclic) bond motifs is 1. The predicted molar refractivity (Wildman–Crippen MR) is 80.0 cm³/mol. The van der Waals surface area contributed by atoms with Crippen molar-refractivity contribution in [3.8, 4) is 11.5 Å². The average Bonchev–Trinajstić information content (AvgIpc) is 2.37. The summed E-state index contributed by atoms with van der Waals surface area (Å²) in [6.45, 7) is 3.45. The summed E-state index contributed by atoms with van der Waals surface area (Å²) in [4.78, 5) is 0. The van der Waals surface area contributed by atoms with Gasteiger partial charge in [-0.05, 0) is 48.9 Å². The number of sulfone groups is 1. The number of phenols is 1. The van der Waals surface area contributed by atoms with E-state index >= 15 is 0 Å². The van der Waals surface area contributed by atoms with E-state index in [1.807, 2.05) is 12.1 Å². The minimum Gasteiger partial charge on any atom is -0.508 e. The van der Waals surface area contributed by atoms with E-state index in [1.165, 1.54) is 0 Å². The molecule has 0 aromatic heterocycles. The highest BCUT2D eigenvalue weighted by atomic mass is 32.2. The lowest BCUT2D eigenvalue weighted by Gasteiger charge is -2.10. The number of phenolic OH excluding ortho intramolecular Hbond substituents is 1. The molecular formula is C15H18O4S. The molecule has 0 bridgehead atoms. The van der Waals surface area contributed by atoms with Crippen LogP contribution < -0.4 is 4.74 Å². The highest BCUT2D eigenvalue weighted by Crippen LogP contribution is 2.24. The van der Waals surface area contributed by atoms with E-state index in [9.17, 15) is 13.5 Å². The van der Waals surface area contributed by atoms with E-state index in [2.05, 4.69) is 0 Å². The van der Waals surface area contributed by atoms with Crippen molar-refractivity contribution in [2.75, 3.05) is 12.4 Å². The van der Waals surface area contributed by atoms with E-state index in [4.69, 9.17) is 4.74 Å². The molecule has 0 heterocycles. The van der Waals surface area contributed by atoms with E-state index in [-0.39, 0.29) is 23.4 Å². The summed E-state index contributed by atoms with van der Waals surface area (Å²) in [6.07, 6.45) is 0. The fraction of sp³-hybridized carbons (Fsp3) is 0.333. The van der Waals surface area contributed by atoms with Gasteiger partial charge in [0.15, 0.2) is 9.84 Å². The van der Waals surface area contributed by atoms with Crippen LogP contribution in [0.1, 0.15) is 13.8 Å². The minimum atomic E-state index is -3.08. The third-order valence-electron chi connectivity index (χ3n) is 3.15. The van der Waals surface area contributed by atoms with Crippen LogP contribution in [0, 0.1) is 0 Å². The van der Waals surface area contributed by atoms with Gasteiger partial charge in [0.2, 0.25) is 0 Å². The summed E-state index contributed by atoms with van der Waals surface area (Å²) >= 11 is 0. The van der Waals surface area contributed by atoms with Crippen molar-refractivity contribution >= 4 is 20.6 Å². The Labute approximate surface area is 118 Å². The summed E-state index contributed by atoms with van der Waals surface area (Å²) in [5.41, 5.74) is 0. The van der Waals surface area contributed by atoms with Crippen LogP contribution in [0.25, 0.3) is 10.8 Å². The van der Waals surface area contributed by atoms with Crippen molar-refractivity contribution in [2.24, 2.45) is 0 Å². The molecule has 20 heavy (non-hydrogen) atoms.